The van der Waals surface area contributed by atoms with Crippen LogP contribution in [-0.2, 0) is 16.6 Å². The Morgan fingerprint density at radius 3 is 2.59 bits per heavy atom. The lowest BCUT2D eigenvalue weighted by molar-refractivity contribution is 0.488. The highest BCUT2D eigenvalue weighted by molar-refractivity contribution is 8.00. The fourth-order valence-corrected chi connectivity index (χ4v) is 5.27. The molecule has 1 saturated heterocycles. The molecule has 2 heterocycles. The van der Waals surface area contributed by atoms with Crippen molar-refractivity contribution in [2.75, 3.05) is 18.2 Å². The van der Waals surface area contributed by atoms with Crippen molar-refractivity contribution in [2.45, 2.75) is 32.2 Å². The summed E-state index contributed by atoms with van der Waals surface area (Å²) in [5, 5.41) is 4.27. The van der Waals surface area contributed by atoms with Crippen LogP contribution in [0.15, 0.2) is 4.90 Å². The maximum atomic E-state index is 12.5. The Balaban J connectivity index is 2.49. The van der Waals surface area contributed by atoms with Gasteiger partial charge >= 0.3 is 0 Å². The first kappa shape index (κ1) is 12.9. The zero-order valence-electron chi connectivity index (χ0n) is 10.3. The third-order valence-corrected chi connectivity index (χ3v) is 6.16. The van der Waals surface area contributed by atoms with Crippen molar-refractivity contribution in [2.24, 2.45) is 0 Å². The van der Waals surface area contributed by atoms with Crippen LogP contribution in [0.4, 0.5) is 0 Å². The zero-order chi connectivity index (χ0) is 12.6. The second kappa shape index (κ2) is 4.62. The van der Waals surface area contributed by atoms with Gasteiger partial charge in [0.25, 0.3) is 0 Å². The molecule has 0 bridgehead atoms. The highest BCUT2D eigenvalue weighted by Gasteiger charge is 2.32. The summed E-state index contributed by atoms with van der Waals surface area (Å²) < 4.78 is 28.2. The topological polar surface area (TPSA) is 55.2 Å². The number of aromatic nitrogens is 2. The van der Waals surface area contributed by atoms with Gasteiger partial charge in [-0.2, -0.15) is 9.40 Å². The van der Waals surface area contributed by atoms with E-state index >= 15 is 0 Å². The first-order valence-electron chi connectivity index (χ1n) is 5.60. The number of sulfonamides is 1. The van der Waals surface area contributed by atoms with Crippen molar-refractivity contribution in [1.82, 2.24) is 14.1 Å². The van der Waals surface area contributed by atoms with Crippen LogP contribution in [0.1, 0.15) is 18.3 Å². The second-order valence-corrected chi connectivity index (χ2v) is 6.98. The molecule has 0 unspecified atom stereocenters. The fraction of sp³-hybridized carbons (Fsp3) is 0.700. The number of hydrogen-bond acceptors (Lipinski definition) is 4. The third kappa shape index (κ3) is 2.11. The Labute approximate surface area is 106 Å². The van der Waals surface area contributed by atoms with Gasteiger partial charge in [0.1, 0.15) is 4.90 Å². The molecule has 0 aliphatic carbocycles. The van der Waals surface area contributed by atoms with E-state index in [-0.39, 0.29) is 0 Å². The van der Waals surface area contributed by atoms with E-state index in [2.05, 4.69) is 5.10 Å². The van der Waals surface area contributed by atoms with Crippen molar-refractivity contribution in [3.8, 4) is 0 Å². The highest BCUT2D eigenvalue weighted by Crippen LogP contribution is 2.27. The Morgan fingerprint density at radius 1 is 1.41 bits per heavy atom. The van der Waals surface area contributed by atoms with Gasteiger partial charge in [-0.3, -0.25) is 4.68 Å². The van der Waals surface area contributed by atoms with Gasteiger partial charge in [0, 0.05) is 18.8 Å². The molecule has 0 atom stereocenters. The number of hydrogen-bond donors (Lipinski definition) is 0. The first-order valence-corrected chi connectivity index (χ1v) is 8.20. The average Bonchev–Trinajstić information content (AvgIpc) is 2.86. The van der Waals surface area contributed by atoms with Crippen LogP contribution >= 0.6 is 11.8 Å². The van der Waals surface area contributed by atoms with Crippen molar-refractivity contribution in [3.63, 3.8) is 0 Å². The standard InChI is InChI=1S/C10H17N3O2S2/c1-4-13-9(3)10(8(2)11-13)17(14,15)12-5-6-16-7-12/h4-7H2,1-3H3. The SMILES string of the molecule is CCn1nc(C)c(S(=O)(=O)N2CCSC2)c1C. The maximum Gasteiger partial charge on any atom is 0.247 e. The van der Waals surface area contributed by atoms with Gasteiger partial charge in [0.2, 0.25) is 10.0 Å². The Hall–Kier alpha value is -0.530. The molecule has 1 aromatic heterocycles. The van der Waals surface area contributed by atoms with Crippen molar-refractivity contribution in [1.29, 1.82) is 0 Å². The lowest BCUT2D eigenvalue weighted by Crippen LogP contribution is -2.28. The van der Waals surface area contributed by atoms with Gasteiger partial charge in [0.05, 0.1) is 17.3 Å². The molecule has 0 saturated carbocycles. The van der Waals surface area contributed by atoms with Crippen LogP contribution in [0.2, 0.25) is 0 Å². The summed E-state index contributed by atoms with van der Waals surface area (Å²) in [4.78, 5) is 0.391. The van der Waals surface area contributed by atoms with Gasteiger partial charge in [-0.15, -0.1) is 11.8 Å². The van der Waals surface area contributed by atoms with Gasteiger partial charge < -0.3 is 0 Å². The minimum absolute atomic E-state index is 0.391. The number of rotatable bonds is 3. The van der Waals surface area contributed by atoms with E-state index in [0.717, 1.165) is 11.4 Å². The summed E-state index contributed by atoms with van der Waals surface area (Å²) in [7, 11) is -3.36. The van der Waals surface area contributed by atoms with Gasteiger partial charge in [-0.1, -0.05) is 0 Å². The predicted molar refractivity (Wildman–Crippen MR) is 68.6 cm³/mol. The smallest absolute Gasteiger partial charge is 0.247 e. The van der Waals surface area contributed by atoms with E-state index in [1.54, 1.807) is 23.4 Å². The minimum atomic E-state index is -3.36. The van der Waals surface area contributed by atoms with E-state index in [9.17, 15) is 8.42 Å². The third-order valence-electron chi connectivity index (χ3n) is 2.93. The summed E-state index contributed by atoms with van der Waals surface area (Å²) in [6.45, 7) is 6.83. The maximum absolute atomic E-state index is 12.5. The zero-order valence-corrected chi connectivity index (χ0v) is 11.9. The largest absolute Gasteiger partial charge is 0.268 e. The van der Waals surface area contributed by atoms with Crippen LogP contribution in [0, 0.1) is 13.8 Å². The lowest BCUT2D eigenvalue weighted by atomic mass is 10.4. The van der Waals surface area contributed by atoms with Gasteiger partial charge in [-0.05, 0) is 20.8 Å². The summed E-state index contributed by atoms with van der Waals surface area (Å²) in [6.07, 6.45) is 0. The Kier molecular flexibility index (Phi) is 3.51. The molecule has 7 heteroatoms. The van der Waals surface area contributed by atoms with E-state index in [1.807, 2.05) is 13.8 Å². The molecule has 5 nitrogen and oxygen atoms in total. The van der Waals surface area contributed by atoms with E-state index < -0.39 is 10.0 Å². The monoisotopic (exact) mass is 275 g/mol. The summed E-state index contributed by atoms with van der Waals surface area (Å²) in [5.41, 5.74) is 1.34. The molecule has 2 rings (SSSR count). The quantitative estimate of drug-likeness (QED) is 0.832. The second-order valence-electron chi connectivity index (χ2n) is 4.03. The van der Waals surface area contributed by atoms with E-state index in [0.29, 0.717) is 29.6 Å². The number of nitrogens with zero attached hydrogens (tertiary/aromatic N) is 3. The summed E-state index contributed by atoms with van der Waals surface area (Å²) in [6, 6.07) is 0. The van der Waals surface area contributed by atoms with Crippen LogP contribution in [0.3, 0.4) is 0 Å². The number of thioether (sulfide) groups is 1. The summed E-state index contributed by atoms with van der Waals surface area (Å²) in [5.74, 6) is 1.43. The molecule has 0 N–H and O–H groups in total. The molecule has 17 heavy (non-hydrogen) atoms. The van der Waals surface area contributed by atoms with Gasteiger partial charge in [0.15, 0.2) is 0 Å². The molecular weight excluding hydrogens is 258 g/mol. The number of aryl methyl sites for hydroxylation is 2. The van der Waals surface area contributed by atoms with E-state index in [1.165, 1.54) is 4.31 Å². The molecule has 1 aliphatic heterocycles. The lowest BCUT2D eigenvalue weighted by Gasteiger charge is -2.14. The minimum Gasteiger partial charge on any atom is -0.268 e. The fourth-order valence-electron chi connectivity index (χ4n) is 2.08. The van der Waals surface area contributed by atoms with Gasteiger partial charge in [-0.25, -0.2) is 8.42 Å². The molecular formula is C10H17N3O2S2. The predicted octanol–water partition coefficient (Wildman–Crippen LogP) is 1.21. The Morgan fingerprint density at radius 2 is 2.12 bits per heavy atom. The molecule has 1 aliphatic rings. The highest BCUT2D eigenvalue weighted by atomic mass is 32.2. The van der Waals surface area contributed by atoms with Crippen molar-refractivity contribution >= 4 is 21.8 Å². The molecule has 0 radical (unpaired) electrons. The average molecular weight is 275 g/mol. The molecule has 1 fully saturated rings. The van der Waals surface area contributed by atoms with Crippen molar-refractivity contribution in [3.05, 3.63) is 11.4 Å². The Bertz CT molecular complexity index is 516. The first-order chi connectivity index (χ1) is 7.98. The van der Waals surface area contributed by atoms with E-state index in [4.69, 9.17) is 0 Å². The van der Waals surface area contributed by atoms with Crippen molar-refractivity contribution < 1.29 is 8.42 Å². The van der Waals surface area contributed by atoms with Crippen LogP contribution in [0.5, 0.6) is 0 Å². The molecule has 0 amide bonds. The molecule has 96 valence electrons. The van der Waals surface area contributed by atoms with Crippen LogP contribution in [0.25, 0.3) is 0 Å². The van der Waals surface area contributed by atoms with Crippen LogP contribution in [-0.4, -0.2) is 40.7 Å². The summed E-state index contributed by atoms with van der Waals surface area (Å²) >= 11 is 1.65. The molecule has 0 aromatic carbocycles. The molecule has 0 spiro atoms. The normalized spacial score (nSPS) is 17.8. The molecule has 1 aromatic rings. The van der Waals surface area contributed by atoms with Crippen LogP contribution < -0.4 is 0 Å².